The Bertz CT molecular complexity index is 396. The summed E-state index contributed by atoms with van der Waals surface area (Å²) in [5.41, 5.74) is 0.802. The third-order valence-electron chi connectivity index (χ3n) is 2.92. The fourth-order valence-corrected chi connectivity index (χ4v) is 1.99. The van der Waals surface area contributed by atoms with Crippen molar-refractivity contribution >= 4 is 5.91 Å². The number of carbonyl (C=O) groups is 1. The Morgan fingerprint density at radius 3 is 3.18 bits per heavy atom. The molecule has 1 aromatic heterocycles. The van der Waals surface area contributed by atoms with Crippen LogP contribution in [0.1, 0.15) is 18.5 Å². The summed E-state index contributed by atoms with van der Waals surface area (Å²) in [5.74, 6) is 0.736. The van der Waals surface area contributed by atoms with Crippen LogP contribution >= 0.6 is 0 Å². The molecule has 6 nitrogen and oxygen atoms in total. The summed E-state index contributed by atoms with van der Waals surface area (Å²) >= 11 is 0. The summed E-state index contributed by atoms with van der Waals surface area (Å²) in [7, 11) is 3.41. The van der Waals surface area contributed by atoms with E-state index in [1.807, 2.05) is 13.1 Å². The maximum Gasteiger partial charge on any atom is 0.237 e. The third kappa shape index (κ3) is 2.76. The minimum absolute atomic E-state index is 0.0411. The fraction of sp³-hybridized carbons (Fsp3) is 0.636. The number of carbonyl (C=O) groups excluding carboxylic acids is 1. The molecule has 0 spiro atoms. The zero-order valence-electron chi connectivity index (χ0n) is 10.2. The van der Waals surface area contributed by atoms with E-state index in [9.17, 15) is 4.79 Å². The topological polar surface area (TPSA) is 68.2 Å². The van der Waals surface area contributed by atoms with Crippen LogP contribution in [0.25, 0.3) is 0 Å². The lowest BCUT2D eigenvalue weighted by Gasteiger charge is -2.09. The summed E-state index contributed by atoms with van der Waals surface area (Å²) < 4.78 is 6.76. The number of ether oxygens (including phenoxy) is 1. The van der Waals surface area contributed by atoms with Crippen LogP contribution in [-0.2, 0) is 18.4 Å². The number of nitrogens with one attached hydrogen (secondary N) is 2. The number of rotatable bonds is 4. The van der Waals surface area contributed by atoms with Gasteiger partial charge in [-0.25, -0.2) is 4.68 Å². The lowest BCUT2D eigenvalue weighted by molar-refractivity contribution is -0.122. The van der Waals surface area contributed by atoms with E-state index in [-0.39, 0.29) is 11.9 Å². The van der Waals surface area contributed by atoms with Crippen LogP contribution in [0.4, 0.5) is 0 Å². The molecule has 1 fully saturated rings. The molecule has 1 saturated heterocycles. The SMILES string of the molecule is COc1cc(CNC(=O)[C@H]2CCCN2)nn1C. The number of amides is 1. The molecular weight excluding hydrogens is 220 g/mol. The van der Waals surface area contributed by atoms with Crippen molar-refractivity contribution in [1.82, 2.24) is 20.4 Å². The van der Waals surface area contributed by atoms with Crippen LogP contribution in [0, 0.1) is 0 Å². The number of nitrogens with zero attached hydrogens (tertiary/aromatic N) is 2. The largest absolute Gasteiger partial charge is 0.481 e. The molecule has 2 N–H and O–H groups in total. The van der Waals surface area contributed by atoms with Gasteiger partial charge in [0.15, 0.2) is 0 Å². The van der Waals surface area contributed by atoms with E-state index in [4.69, 9.17) is 4.74 Å². The molecule has 0 unspecified atom stereocenters. The first-order valence-corrected chi connectivity index (χ1v) is 5.78. The second-order valence-corrected chi connectivity index (χ2v) is 4.17. The molecule has 1 atom stereocenters. The first-order valence-electron chi connectivity index (χ1n) is 5.78. The number of hydrogen-bond acceptors (Lipinski definition) is 4. The molecule has 17 heavy (non-hydrogen) atoms. The minimum atomic E-state index is -0.0411. The molecule has 2 heterocycles. The molecule has 1 aromatic rings. The molecule has 0 saturated carbocycles. The highest BCUT2D eigenvalue weighted by Gasteiger charge is 2.21. The van der Waals surface area contributed by atoms with Crippen molar-refractivity contribution in [2.75, 3.05) is 13.7 Å². The van der Waals surface area contributed by atoms with Crippen LogP contribution in [0.2, 0.25) is 0 Å². The van der Waals surface area contributed by atoms with E-state index < -0.39 is 0 Å². The summed E-state index contributed by atoms with van der Waals surface area (Å²) in [6.45, 7) is 1.36. The smallest absolute Gasteiger partial charge is 0.237 e. The van der Waals surface area contributed by atoms with Crippen molar-refractivity contribution in [3.05, 3.63) is 11.8 Å². The van der Waals surface area contributed by atoms with Crippen LogP contribution in [0.5, 0.6) is 5.88 Å². The van der Waals surface area contributed by atoms with Gasteiger partial charge in [-0.15, -0.1) is 0 Å². The third-order valence-corrected chi connectivity index (χ3v) is 2.92. The van der Waals surface area contributed by atoms with Crippen molar-refractivity contribution in [3.8, 4) is 5.88 Å². The van der Waals surface area contributed by atoms with Crippen LogP contribution < -0.4 is 15.4 Å². The van der Waals surface area contributed by atoms with Crippen molar-refractivity contribution in [2.24, 2.45) is 7.05 Å². The maximum absolute atomic E-state index is 11.7. The van der Waals surface area contributed by atoms with Gasteiger partial charge in [0, 0.05) is 13.1 Å². The molecule has 6 heteroatoms. The summed E-state index contributed by atoms with van der Waals surface area (Å²) in [4.78, 5) is 11.7. The number of hydrogen-bond donors (Lipinski definition) is 2. The predicted molar refractivity (Wildman–Crippen MR) is 62.6 cm³/mol. The quantitative estimate of drug-likeness (QED) is 0.762. The number of aryl methyl sites for hydroxylation is 1. The first kappa shape index (κ1) is 11.9. The molecule has 2 rings (SSSR count). The Hall–Kier alpha value is -1.56. The van der Waals surface area contributed by atoms with Gasteiger partial charge in [-0.3, -0.25) is 4.79 Å². The molecular formula is C11H18N4O2. The van der Waals surface area contributed by atoms with Crippen molar-refractivity contribution in [3.63, 3.8) is 0 Å². The van der Waals surface area contributed by atoms with Gasteiger partial charge in [0.25, 0.3) is 0 Å². The molecule has 1 aliphatic rings. The van der Waals surface area contributed by atoms with Gasteiger partial charge in [-0.2, -0.15) is 5.10 Å². The lowest BCUT2D eigenvalue weighted by atomic mass is 10.2. The Kier molecular flexibility index (Phi) is 3.63. The van der Waals surface area contributed by atoms with E-state index in [1.54, 1.807) is 11.8 Å². The van der Waals surface area contributed by atoms with E-state index >= 15 is 0 Å². The Morgan fingerprint density at radius 2 is 2.59 bits per heavy atom. The normalized spacial score (nSPS) is 19.3. The van der Waals surface area contributed by atoms with E-state index in [0.29, 0.717) is 12.4 Å². The average Bonchev–Trinajstić information content (AvgIpc) is 2.95. The highest BCUT2D eigenvalue weighted by molar-refractivity contribution is 5.81. The van der Waals surface area contributed by atoms with Crippen LogP contribution in [0.15, 0.2) is 6.07 Å². The summed E-state index contributed by atoms with van der Waals surface area (Å²) in [5, 5.41) is 10.3. The standard InChI is InChI=1S/C11H18N4O2/c1-15-10(17-2)6-8(14-15)7-13-11(16)9-4-3-5-12-9/h6,9,12H,3-5,7H2,1-2H3,(H,13,16)/t9-/m1/s1. The zero-order valence-corrected chi connectivity index (χ0v) is 10.2. The Balaban J connectivity index is 1.86. The van der Waals surface area contributed by atoms with Gasteiger partial charge < -0.3 is 15.4 Å². The second kappa shape index (κ2) is 5.18. The molecule has 0 bridgehead atoms. The minimum Gasteiger partial charge on any atom is -0.481 e. The molecule has 1 amide bonds. The number of aromatic nitrogens is 2. The van der Waals surface area contributed by atoms with Gasteiger partial charge in [0.1, 0.15) is 0 Å². The van der Waals surface area contributed by atoms with Gasteiger partial charge in [-0.1, -0.05) is 0 Å². The molecule has 94 valence electrons. The Labute approximate surface area is 100 Å². The molecule has 0 aliphatic carbocycles. The lowest BCUT2D eigenvalue weighted by Crippen LogP contribution is -2.40. The fourth-order valence-electron chi connectivity index (χ4n) is 1.99. The monoisotopic (exact) mass is 238 g/mol. The number of methoxy groups -OCH3 is 1. The van der Waals surface area contributed by atoms with Crippen molar-refractivity contribution < 1.29 is 9.53 Å². The van der Waals surface area contributed by atoms with Crippen molar-refractivity contribution in [1.29, 1.82) is 0 Å². The predicted octanol–water partition coefficient (Wildman–Crippen LogP) is -0.203. The van der Waals surface area contributed by atoms with Crippen LogP contribution in [-0.4, -0.2) is 35.4 Å². The second-order valence-electron chi connectivity index (χ2n) is 4.17. The highest BCUT2D eigenvalue weighted by atomic mass is 16.5. The molecule has 0 aromatic carbocycles. The average molecular weight is 238 g/mol. The summed E-state index contributed by atoms with van der Waals surface area (Å²) in [6.07, 6.45) is 1.98. The summed E-state index contributed by atoms with van der Waals surface area (Å²) in [6, 6.07) is 1.78. The Morgan fingerprint density at radius 1 is 1.76 bits per heavy atom. The first-order chi connectivity index (χ1) is 8.20. The zero-order chi connectivity index (χ0) is 12.3. The molecule has 0 radical (unpaired) electrons. The van der Waals surface area contributed by atoms with Gasteiger partial charge >= 0.3 is 0 Å². The molecule has 1 aliphatic heterocycles. The van der Waals surface area contributed by atoms with Crippen molar-refractivity contribution in [2.45, 2.75) is 25.4 Å². The van der Waals surface area contributed by atoms with E-state index in [2.05, 4.69) is 15.7 Å². The van der Waals surface area contributed by atoms with Crippen LogP contribution in [0.3, 0.4) is 0 Å². The van der Waals surface area contributed by atoms with E-state index in [0.717, 1.165) is 25.1 Å². The maximum atomic E-state index is 11.7. The van der Waals surface area contributed by atoms with E-state index in [1.165, 1.54) is 0 Å². The van der Waals surface area contributed by atoms with Gasteiger partial charge in [0.2, 0.25) is 11.8 Å². The van der Waals surface area contributed by atoms with Gasteiger partial charge in [0.05, 0.1) is 25.4 Å². The highest BCUT2D eigenvalue weighted by Crippen LogP contribution is 2.11. The van der Waals surface area contributed by atoms with Gasteiger partial charge in [-0.05, 0) is 19.4 Å².